The quantitative estimate of drug-likeness (QED) is 0.780. The van der Waals surface area contributed by atoms with Crippen LogP contribution in [0.5, 0.6) is 0 Å². The maximum Gasteiger partial charge on any atom is 0.232 e. The number of hydrogen-bond acceptors (Lipinski definition) is 3. The summed E-state index contributed by atoms with van der Waals surface area (Å²) >= 11 is 0. The van der Waals surface area contributed by atoms with Crippen molar-refractivity contribution in [1.82, 2.24) is 5.32 Å². The molecule has 0 saturated carbocycles. The van der Waals surface area contributed by atoms with Gasteiger partial charge < -0.3 is 5.32 Å². The number of amides is 1. The Morgan fingerprint density at radius 2 is 1.67 bits per heavy atom. The molecule has 1 N–H and O–H groups in total. The van der Waals surface area contributed by atoms with Crippen LogP contribution in [0.2, 0.25) is 0 Å². The normalized spacial score (nSPS) is 13.0. The van der Waals surface area contributed by atoms with E-state index >= 15 is 0 Å². The van der Waals surface area contributed by atoms with Crippen molar-refractivity contribution in [3.05, 3.63) is 29.3 Å². The third kappa shape index (κ3) is 6.51. The molecular formula is C18H30N2O3S. The Morgan fingerprint density at radius 1 is 1.12 bits per heavy atom. The Labute approximate surface area is 146 Å². The van der Waals surface area contributed by atoms with Crippen LogP contribution in [0.3, 0.4) is 0 Å². The van der Waals surface area contributed by atoms with Gasteiger partial charge in [-0.25, -0.2) is 8.42 Å². The van der Waals surface area contributed by atoms with Crippen LogP contribution in [0.1, 0.15) is 44.7 Å². The molecule has 0 heterocycles. The number of carbonyl (C=O) groups excluding carboxylic acids is 1. The first-order chi connectivity index (χ1) is 11.0. The number of aryl methyl sites for hydroxylation is 2. The zero-order chi connectivity index (χ0) is 18.5. The molecule has 0 bridgehead atoms. The Morgan fingerprint density at radius 3 is 2.12 bits per heavy atom. The maximum atomic E-state index is 12.1. The Hall–Kier alpha value is -1.56. The lowest BCUT2D eigenvalue weighted by Gasteiger charge is -2.23. The molecule has 0 unspecified atom stereocenters. The second kappa shape index (κ2) is 8.51. The third-order valence-electron chi connectivity index (χ3n) is 4.05. The maximum absolute atomic E-state index is 12.1. The van der Waals surface area contributed by atoms with Crippen molar-refractivity contribution < 1.29 is 13.2 Å². The van der Waals surface area contributed by atoms with E-state index in [9.17, 15) is 13.2 Å². The van der Waals surface area contributed by atoms with Gasteiger partial charge in [-0.1, -0.05) is 19.9 Å². The molecule has 0 aliphatic heterocycles. The summed E-state index contributed by atoms with van der Waals surface area (Å²) in [6.07, 6.45) is 2.00. The fraction of sp³-hybridized carbons (Fsp3) is 0.611. The van der Waals surface area contributed by atoms with Crippen LogP contribution >= 0.6 is 0 Å². The summed E-state index contributed by atoms with van der Waals surface area (Å²) in [5.41, 5.74) is 2.69. The zero-order valence-electron chi connectivity index (χ0n) is 15.6. The number of sulfonamides is 1. The first-order valence-corrected chi connectivity index (χ1v) is 10.2. The van der Waals surface area contributed by atoms with Crippen LogP contribution in [-0.4, -0.2) is 33.2 Å². The van der Waals surface area contributed by atoms with Gasteiger partial charge in [0.15, 0.2) is 0 Å². The minimum absolute atomic E-state index is 0.0370. The van der Waals surface area contributed by atoms with Gasteiger partial charge in [0.1, 0.15) is 0 Å². The molecule has 0 spiro atoms. The molecule has 0 fully saturated rings. The summed E-state index contributed by atoms with van der Waals surface area (Å²) in [4.78, 5) is 12.0. The van der Waals surface area contributed by atoms with Gasteiger partial charge >= 0.3 is 0 Å². The highest BCUT2D eigenvalue weighted by molar-refractivity contribution is 7.92. The Kier molecular flexibility index (Phi) is 7.27. The molecule has 1 aromatic carbocycles. The van der Waals surface area contributed by atoms with E-state index in [1.165, 1.54) is 10.6 Å². The average molecular weight is 355 g/mol. The summed E-state index contributed by atoms with van der Waals surface area (Å²) < 4.78 is 25.6. The first kappa shape index (κ1) is 20.5. The number of benzene rings is 1. The lowest BCUT2D eigenvalue weighted by Crippen LogP contribution is -2.37. The van der Waals surface area contributed by atoms with Crippen molar-refractivity contribution >= 4 is 21.6 Å². The number of rotatable bonds is 8. The predicted molar refractivity (Wildman–Crippen MR) is 99.8 cm³/mol. The molecule has 0 aliphatic rings. The van der Waals surface area contributed by atoms with E-state index in [4.69, 9.17) is 0 Å². The van der Waals surface area contributed by atoms with E-state index in [0.29, 0.717) is 31.0 Å². The molecule has 5 nitrogen and oxygen atoms in total. The molecule has 1 amide bonds. The summed E-state index contributed by atoms with van der Waals surface area (Å²) in [7, 11) is -3.38. The molecule has 0 aliphatic carbocycles. The molecule has 0 saturated heterocycles. The molecule has 1 atom stereocenters. The zero-order valence-corrected chi connectivity index (χ0v) is 16.4. The van der Waals surface area contributed by atoms with Gasteiger partial charge in [0.25, 0.3) is 0 Å². The number of nitrogens with zero attached hydrogens (tertiary/aromatic N) is 1. The number of anilines is 1. The van der Waals surface area contributed by atoms with E-state index < -0.39 is 10.0 Å². The molecule has 0 radical (unpaired) electrons. The molecule has 0 aromatic heterocycles. The van der Waals surface area contributed by atoms with Gasteiger partial charge in [-0.2, -0.15) is 0 Å². The Balaban J connectivity index is 2.74. The van der Waals surface area contributed by atoms with Gasteiger partial charge in [-0.15, -0.1) is 0 Å². The monoisotopic (exact) mass is 354 g/mol. The summed E-state index contributed by atoms with van der Waals surface area (Å²) in [5.74, 6) is 0.335. The SMILES string of the molecule is Cc1cc(C)cc(N(CCCC(=O)N[C@@H](C)C(C)C)S(C)(=O)=O)c1. The summed E-state index contributed by atoms with van der Waals surface area (Å²) in [6, 6.07) is 5.83. The van der Waals surface area contributed by atoms with Gasteiger partial charge in [0.2, 0.25) is 15.9 Å². The molecule has 24 heavy (non-hydrogen) atoms. The lowest BCUT2D eigenvalue weighted by molar-refractivity contribution is -0.122. The topological polar surface area (TPSA) is 66.5 Å². The second-order valence-electron chi connectivity index (χ2n) is 6.88. The van der Waals surface area contributed by atoms with Crippen LogP contribution in [0, 0.1) is 19.8 Å². The van der Waals surface area contributed by atoms with E-state index in [1.807, 2.05) is 39.0 Å². The minimum atomic E-state index is -3.38. The van der Waals surface area contributed by atoms with Crippen LogP contribution in [0.25, 0.3) is 0 Å². The smallest absolute Gasteiger partial charge is 0.232 e. The van der Waals surface area contributed by atoms with Gasteiger partial charge in [-0.3, -0.25) is 9.10 Å². The van der Waals surface area contributed by atoms with Crippen molar-refractivity contribution in [1.29, 1.82) is 0 Å². The highest BCUT2D eigenvalue weighted by atomic mass is 32.2. The molecule has 6 heteroatoms. The summed E-state index contributed by atoms with van der Waals surface area (Å²) in [6.45, 7) is 10.3. The first-order valence-electron chi connectivity index (χ1n) is 8.36. The summed E-state index contributed by atoms with van der Waals surface area (Å²) in [5, 5.41) is 2.94. The fourth-order valence-corrected chi connectivity index (χ4v) is 3.41. The molecule has 1 aromatic rings. The second-order valence-corrected chi connectivity index (χ2v) is 8.79. The number of hydrogen-bond donors (Lipinski definition) is 1. The van der Waals surface area contributed by atoms with Crippen molar-refractivity contribution in [3.8, 4) is 0 Å². The van der Waals surface area contributed by atoms with Crippen LogP contribution < -0.4 is 9.62 Å². The van der Waals surface area contributed by atoms with E-state index in [1.54, 1.807) is 0 Å². The minimum Gasteiger partial charge on any atom is -0.353 e. The lowest BCUT2D eigenvalue weighted by atomic mass is 10.1. The van der Waals surface area contributed by atoms with Crippen LogP contribution in [0.15, 0.2) is 18.2 Å². The van der Waals surface area contributed by atoms with Gasteiger partial charge in [0, 0.05) is 19.0 Å². The van der Waals surface area contributed by atoms with Crippen molar-refractivity contribution in [2.24, 2.45) is 5.92 Å². The van der Waals surface area contributed by atoms with Crippen molar-refractivity contribution in [2.45, 2.75) is 53.5 Å². The van der Waals surface area contributed by atoms with Crippen molar-refractivity contribution in [2.75, 3.05) is 17.1 Å². The van der Waals surface area contributed by atoms with Crippen LogP contribution in [-0.2, 0) is 14.8 Å². The molecule has 136 valence electrons. The van der Waals surface area contributed by atoms with Gasteiger partial charge in [-0.05, 0) is 56.4 Å². The average Bonchev–Trinajstić information content (AvgIpc) is 2.40. The van der Waals surface area contributed by atoms with Gasteiger partial charge in [0.05, 0.1) is 11.9 Å². The molecular weight excluding hydrogens is 324 g/mol. The highest BCUT2D eigenvalue weighted by Gasteiger charge is 2.18. The number of nitrogens with one attached hydrogen (secondary N) is 1. The van der Waals surface area contributed by atoms with Crippen molar-refractivity contribution in [3.63, 3.8) is 0 Å². The van der Waals surface area contributed by atoms with Crippen LogP contribution in [0.4, 0.5) is 5.69 Å². The fourth-order valence-electron chi connectivity index (χ4n) is 2.46. The van der Waals surface area contributed by atoms with E-state index in [0.717, 1.165) is 11.1 Å². The Bertz CT molecular complexity index is 649. The third-order valence-corrected chi connectivity index (χ3v) is 5.24. The standard InChI is InChI=1S/C18H30N2O3S/c1-13(2)16(5)19-18(21)8-7-9-20(24(6,22)23)17-11-14(3)10-15(4)12-17/h10-13,16H,7-9H2,1-6H3,(H,19,21)/t16-/m0/s1. The number of carbonyl (C=O) groups is 1. The highest BCUT2D eigenvalue weighted by Crippen LogP contribution is 2.21. The van der Waals surface area contributed by atoms with E-state index in [-0.39, 0.29) is 11.9 Å². The predicted octanol–water partition coefficient (Wildman–Crippen LogP) is 3.01. The molecule has 1 rings (SSSR count). The largest absolute Gasteiger partial charge is 0.353 e. The van der Waals surface area contributed by atoms with E-state index in [2.05, 4.69) is 19.2 Å².